The highest BCUT2D eigenvalue weighted by Gasteiger charge is 2.63. The molecule has 3 aliphatic rings. The third-order valence-corrected chi connectivity index (χ3v) is 7.24. The van der Waals surface area contributed by atoms with Crippen LogP contribution in [0.25, 0.3) is 0 Å². The summed E-state index contributed by atoms with van der Waals surface area (Å²) < 4.78 is 6.48. The Labute approximate surface area is 163 Å². The maximum absolute atomic E-state index is 12.3. The number of hydrogen-bond acceptors (Lipinski definition) is 5. The molecule has 5 heterocycles. The second kappa shape index (κ2) is 6.91. The first-order valence-corrected chi connectivity index (χ1v) is 10.8. The number of rotatable bonds is 6. The molecular formula is C21H25N3O2S. The van der Waals surface area contributed by atoms with Crippen LogP contribution in [0.15, 0.2) is 41.2 Å². The lowest BCUT2D eigenvalue weighted by molar-refractivity contribution is -0.121. The van der Waals surface area contributed by atoms with Crippen molar-refractivity contribution < 1.29 is 9.53 Å². The summed E-state index contributed by atoms with van der Waals surface area (Å²) in [4.78, 5) is 19.2. The summed E-state index contributed by atoms with van der Waals surface area (Å²) in [5, 5.41) is 7.36. The summed E-state index contributed by atoms with van der Waals surface area (Å²) in [5.41, 5.74) is 1.22. The zero-order valence-corrected chi connectivity index (χ0v) is 16.2. The van der Waals surface area contributed by atoms with Gasteiger partial charge in [0.2, 0.25) is 5.91 Å². The second-order valence-electron chi connectivity index (χ2n) is 8.03. The van der Waals surface area contributed by atoms with Crippen molar-refractivity contribution in [1.82, 2.24) is 10.3 Å². The van der Waals surface area contributed by atoms with Crippen LogP contribution in [0.3, 0.4) is 0 Å². The Balaban J connectivity index is 1.20. The third kappa shape index (κ3) is 3.15. The first-order chi connectivity index (χ1) is 13.2. The number of fused-ring (bicyclic) bond motifs is 1. The van der Waals surface area contributed by atoms with E-state index in [1.807, 2.05) is 18.3 Å². The van der Waals surface area contributed by atoms with Crippen LogP contribution in [0.4, 0.5) is 5.82 Å². The van der Waals surface area contributed by atoms with Crippen molar-refractivity contribution in [2.45, 2.75) is 37.4 Å². The van der Waals surface area contributed by atoms with Crippen LogP contribution in [0.2, 0.25) is 0 Å². The van der Waals surface area contributed by atoms with Crippen molar-refractivity contribution in [2.24, 2.45) is 11.8 Å². The van der Waals surface area contributed by atoms with Gasteiger partial charge in [0.25, 0.3) is 0 Å². The van der Waals surface area contributed by atoms with Gasteiger partial charge in [0.15, 0.2) is 0 Å². The normalized spacial score (nSPS) is 31.3. The third-order valence-electron chi connectivity index (χ3n) is 6.51. The van der Waals surface area contributed by atoms with E-state index < -0.39 is 0 Å². The molecule has 3 fully saturated rings. The fourth-order valence-electron chi connectivity index (χ4n) is 5.19. The molecule has 142 valence electrons. The molecule has 0 radical (unpaired) electrons. The molecule has 5 nitrogen and oxygen atoms in total. The maximum Gasteiger partial charge on any atom is 0.220 e. The number of aromatic nitrogens is 1. The Hall–Kier alpha value is -1.92. The first-order valence-electron chi connectivity index (χ1n) is 9.85. The summed E-state index contributed by atoms with van der Waals surface area (Å²) >= 11 is 1.68. The molecule has 4 atom stereocenters. The molecule has 0 aliphatic carbocycles. The number of aryl methyl sites for hydroxylation is 1. The molecular weight excluding hydrogens is 358 g/mol. The van der Waals surface area contributed by atoms with E-state index in [-0.39, 0.29) is 11.5 Å². The minimum Gasteiger partial charge on any atom is -0.369 e. The van der Waals surface area contributed by atoms with E-state index in [1.54, 1.807) is 11.3 Å². The Morgan fingerprint density at radius 3 is 3.19 bits per heavy atom. The monoisotopic (exact) mass is 383 g/mol. The topological polar surface area (TPSA) is 54.5 Å². The SMILES string of the molecule is O=C(CCc1ccsc1)NC[C@H]1[C@H]2CN(c3ccccn3)C[C@]23CC[C@H]1O3. The number of carbonyl (C=O) groups excluding carboxylic acids is 1. The van der Waals surface area contributed by atoms with Crippen molar-refractivity contribution in [2.75, 3.05) is 24.5 Å². The van der Waals surface area contributed by atoms with Gasteiger partial charge in [0.1, 0.15) is 5.82 Å². The smallest absolute Gasteiger partial charge is 0.220 e. The predicted octanol–water partition coefficient (Wildman–Crippen LogP) is 2.88. The van der Waals surface area contributed by atoms with Crippen molar-refractivity contribution in [3.05, 3.63) is 46.8 Å². The average Bonchev–Trinajstić information content (AvgIpc) is 3.46. The van der Waals surface area contributed by atoms with Gasteiger partial charge < -0.3 is 15.0 Å². The van der Waals surface area contributed by atoms with Crippen molar-refractivity contribution in [3.63, 3.8) is 0 Å². The van der Waals surface area contributed by atoms with Crippen molar-refractivity contribution >= 4 is 23.1 Å². The van der Waals surface area contributed by atoms with Gasteiger partial charge in [-0.25, -0.2) is 4.98 Å². The highest BCUT2D eigenvalue weighted by molar-refractivity contribution is 7.07. The zero-order valence-electron chi connectivity index (χ0n) is 15.3. The van der Waals surface area contributed by atoms with Crippen LogP contribution >= 0.6 is 11.3 Å². The van der Waals surface area contributed by atoms with E-state index in [2.05, 4.69) is 38.1 Å². The van der Waals surface area contributed by atoms with E-state index in [0.29, 0.717) is 24.4 Å². The zero-order chi connectivity index (χ0) is 18.3. The Bertz CT molecular complexity index is 797. The predicted molar refractivity (Wildman–Crippen MR) is 106 cm³/mol. The van der Waals surface area contributed by atoms with Gasteiger partial charge in [-0.1, -0.05) is 6.07 Å². The van der Waals surface area contributed by atoms with Crippen LogP contribution in [0, 0.1) is 11.8 Å². The molecule has 27 heavy (non-hydrogen) atoms. The maximum atomic E-state index is 12.3. The number of thiophene rings is 1. The largest absolute Gasteiger partial charge is 0.369 e. The van der Waals surface area contributed by atoms with Gasteiger partial charge >= 0.3 is 0 Å². The van der Waals surface area contributed by atoms with Crippen molar-refractivity contribution in [3.8, 4) is 0 Å². The lowest BCUT2D eigenvalue weighted by Gasteiger charge is -2.29. The van der Waals surface area contributed by atoms with Crippen LogP contribution in [0.1, 0.15) is 24.8 Å². The molecule has 5 rings (SSSR count). The van der Waals surface area contributed by atoms with Gasteiger partial charge in [0, 0.05) is 44.1 Å². The summed E-state index contributed by atoms with van der Waals surface area (Å²) in [5.74, 6) is 2.08. The van der Waals surface area contributed by atoms with E-state index in [4.69, 9.17) is 4.74 Å². The molecule has 0 unspecified atom stereocenters. The number of anilines is 1. The minimum atomic E-state index is -0.0335. The number of nitrogens with one attached hydrogen (secondary N) is 1. The molecule has 0 aromatic carbocycles. The highest BCUT2D eigenvalue weighted by Crippen LogP contribution is 2.55. The molecule has 3 aliphatic heterocycles. The second-order valence-corrected chi connectivity index (χ2v) is 8.81. The summed E-state index contributed by atoms with van der Waals surface area (Å²) in [6.07, 6.45) is 5.78. The molecule has 2 aromatic heterocycles. The number of ether oxygens (including phenoxy) is 1. The minimum absolute atomic E-state index is 0.0335. The average molecular weight is 384 g/mol. The quantitative estimate of drug-likeness (QED) is 0.833. The first kappa shape index (κ1) is 17.2. The van der Waals surface area contributed by atoms with E-state index in [1.165, 1.54) is 5.56 Å². The number of nitrogens with zero attached hydrogens (tertiary/aromatic N) is 2. The number of carbonyl (C=O) groups is 1. The van der Waals surface area contributed by atoms with E-state index in [9.17, 15) is 4.79 Å². The summed E-state index contributed by atoms with van der Waals surface area (Å²) in [7, 11) is 0. The van der Waals surface area contributed by atoms with E-state index >= 15 is 0 Å². The summed E-state index contributed by atoms with van der Waals surface area (Å²) in [6, 6.07) is 8.16. The van der Waals surface area contributed by atoms with Crippen LogP contribution in [0.5, 0.6) is 0 Å². The van der Waals surface area contributed by atoms with E-state index in [0.717, 1.165) is 44.7 Å². The number of amides is 1. The van der Waals surface area contributed by atoms with Gasteiger partial charge in [-0.05, 0) is 53.8 Å². The number of hydrogen-bond donors (Lipinski definition) is 1. The molecule has 6 heteroatoms. The Morgan fingerprint density at radius 1 is 1.41 bits per heavy atom. The molecule has 1 amide bonds. The Kier molecular flexibility index (Phi) is 4.40. The highest BCUT2D eigenvalue weighted by atomic mass is 32.1. The fraction of sp³-hybridized carbons (Fsp3) is 0.524. The van der Waals surface area contributed by atoms with Crippen molar-refractivity contribution in [1.29, 1.82) is 0 Å². The molecule has 2 aromatic rings. The number of pyridine rings is 1. The van der Waals surface area contributed by atoms with Crippen LogP contribution in [-0.4, -0.2) is 42.2 Å². The van der Waals surface area contributed by atoms with Gasteiger partial charge in [-0.2, -0.15) is 11.3 Å². The lowest BCUT2D eigenvalue weighted by Crippen LogP contribution is -2.41. The fourth-order valence-corrected chi connectivity index (χ4v) is 5.89. The van der Waals surface area contributed by atoms with Gasteiger partial charge in [-0.15, -0.1) is 0 Å². The molecule has 2 bridgehead atoms. The molecule has 1 spiro atoms. The molecule has 3 saturated heterocycles. The van der Waals surface area contributed by atoms with Crippen LogP contribution in [-0.2, 0) is 16.0 Å². The standard InChI is InChI=1S/C21H25N3O2S/c25-20(5-4-15-7-10-27-13-15)23-11-16-17-12-24(19-3-1-2-9-22-19)14-21(17)8-6-18(16)26-21/h1-3,7,9-10,13,16-18H,4-6,8,11-12,14H2,(H,23,25)/t16-,17+,18+,21+/m0/s1. The van der Waals surface area contributed by atoms with Crippen LogP contribution < -0.4 is 10.2 Å². The van der Waals surface area contributed by atoms with Gasteiger partial charge in [-0.3, -0.25) is 4.79 Å². The van der Waals surface area contributed by atoms with Gasteiger partial charge in [0.05, 0.1) is 11.7 Å². The molecule has 0 saturated carbocycles. The molecule has 1 N–H and O–H groups in total. The lowest BCUT2D eigenvalue weighted by atomic mass is 9.73. The Morgan fingerprint density at radius 2 is 2.37 bits per heavy atom. The summed E-state index contributed by atoms with van der Waals surface area (Å²) in [6.45, 7) is 2.63.